The number of benzene rings is 1. The number of rotatable bonds is 7. The molecule has 0 bridgehead atoms. The third kappa shape index (κ3) is 5.35. The molecule has 0 radical (unpaired) electrons. The molecule has 1 saturated heterocycles. The smallest absolute Gasteiger partial charge is 0.416 e. The van der Waals surface area contributed by atoms with Crippen molar-refractivity contribution in [3.8, 4) is 5.88 Å². The van der Waals surface area contributed by atoms with Crippen LogP contribution in [0.5, 0.6) is 5.88 Å². The first-order valence-electron chi connectivity index (χ1n) is 12.1. The SMILES string of the molecule is COc1ccc([C@]2(O)CC[C@H](N3CC(NC(=O)CNc4noc5ccc(C(F)(F)F)cc45)C3)CC2)cn1. The molecular weight excluding hydrogens is 491 g/mol. The lowest BCUT2D eigenvalue weighted by Gasteiger charge is -2.48. The molecule has 3 heterocycles. The van der Waals surface area contributed by atoms with Crippen molar-refractivity contribution in [1.29, 1.82) is 0 Å². The second-order valence-electron chi connectivity index (χ2n) is 9.66. The summed E-state index contributed by atoms with van der Waals surface area (Å²) in [6, 6.07) is 7.02. The number of aromatic nitrogens is 2. The number of nitrogens with one attached hydrogen (secondary N) is 2. The summed E-state index contributed by atoms with van der Waals surface area (Å²) in [4.78, 5) is 18.9. The highest BCUT2D eigenvalue weighted by Crippen LogP contribution is 2.39. The average molecular weight is 520 g/mol. The first-order chi connectivity index (χ1) is 17.6. The number of carbonyl (C=O) groups is 1. The molecule has 9 nitrogen and oxygen atoms in total. The van der Waals surface area contributed by atoms with Crippen LogP contribution in [0.15, 0.2) is 41.1 Å². The first kappa shape index (κ1) is 25.3. The number of methoxy groups -OCH3 is 1. The lowest BCUT2D eigenvalue weighted by atomic mass is 9.77. The van der Waals surface area contributed by atoms with Crippen LogP contribution in [0.1, 0.15) is 36.8 Å². The highest BCUT2D eigenvalue weighted by atomic mass is 19.4. The summed E-state index contributed by atoms with van der Waals surface area (Å²) in [6.45, 7) is 1.28. The molecule has 1 amide bonds. The van der Waals surface area contributed by atoms with Gasteiger partial charge in [0, 0.05) is 37.0 Å². The Balaban J connectivity index is 1.07. The van der Waals surface area contributed by atoms with E-state index in [9.17, 15) is 23.1 Å². The summed E-state index contributed by atoms with van der Waals surface area (Å²) in [6.07, 6.45) is 0.114. The van der Waals surface area contributed by atoms with E-state index in [1.807, 2.05) is 6.07 Å². The molecule has 2 fully saturated rings. The maximum absolute atomic E-state index is 13.0. The molecule has 5 rings (SSSR count). The van der Waals surface area contributed by atoms with Crippen molar-refractivity contribution in [3.63, 3.8) is 0 Å². The van der Waals surface area contributed by atoms with Gasteiger partial charge in [-0.25, -0.2) is 4.98 Å². The van der Waals surface area contributed by atoms with Gasteiger partial charge in [0.15, 0.2) is 11.4 Å². The zero-order chi connectivity index (χ0) is 26.2. The maximum Gasteiger partial charge on any atom is 0.416 e. The van der Waals surface area contributed by atoms with Gasteiger partial charge >= 0.3 is 6.18 Å². The summed E-state index contributed by atoms with van der Waals surface area (Å²) in [5.41, 5.74) is -0.714. The number of ether oxygens (including phenoxy) is 1. The second kappa shape index (κ2) is 9.82. The molecule has 0 spiro atoms. The molecule has 3 N–H and O–H groups in total. The number of nitrogens with zero attached hydrogens (tertiary/aromatic N) is 3. The third-order valence-electron chi connectivity index (χ3n) is 7.27. The van der Waals surface area contributed by atoms with Crippen LogP contribution < -0.4 is 15.4 Å². The number of alkyl halides is 3. The molecule has 1 saturated carbocycles. The van der Waals surface area contributed by atoms with Crippen molar-refractivity contribution in [3.05, 3.63) is 47.7 Å². The third-order valence-corrected chi connectivity index (χ3v) is 7.27. The van der Waals surface area contributed by atoms with E-state index in [0.29, 0.717) is 37.9 Å². The molecule has 12 heteroatoms. The fourth-order valence-corrected chi connectivity index (χ4v) is 5.10. The van der Waals surface area contributed by atoms with E-state index in [4.69, 9.17) is 9.26 Å². The zero-order valence-corrected chi connectivity index (χ0v) is 20.2. The van der Waals surface area contributed by atoms with E-state index in [1.165, 1.54) is 6.07 Å². The van der Waals surface area contributed by atoms with Crippen molar-refractivity contribution in [2.75, 3.05) is 32.1 Å². The zero-order valence-electron chi connectivity index (χ0n) is 20.2. The monoisotopic (exact) mass is 519 g/mol. The topological polar surface area (TPSA) is 113 Å². The summed E-state index contributed by atoms with van der Waals surface area (Å²) >= 11 is 0. The molecule has 2 aliphatic rings. The Labute approximate surface area is 211 Å². The Morgan fingerprint density at radius 1 is 1.24 bits per heavy atom. The quantitative estimate of drug-likeness (QED) is 0.436. The predicted octanol–water partition coefficient (Wildman–Crippen LogP) is 3.29. The van der Waals surface area contributed by atoms with Crippen LogP contribution in [-0.2, 0) is 16.6 Å². The van der Waals surface area contributed by atoms with E-state index >= 15 is 0 Å². The van der Waals surface area contributed by atoms with E-state index in [2.05, 4.69) is 25.7 Å². The van der Waals surface area contributed by atoms with Crippen molar-refractivity contribution >= 4 is 22.7 Å². The van der Waals surface area contributed by atoms with Gasteiger partial charge in [-0.1, -0.05) is 5.16 Å². The number of anilines is 1. The Kier molecular flexibility index (Phi) is 6.71. The first-order valence-corrected chi connectivity index (χ1v) is 12.1. The predicted molar refractivity (Wildman–Crippen MR) is 128 cm³/mol. The second-order valence-corrected chi connectivity index (χ2v) is 9.66. The Bertz CT molecular complexity index is 1250. The van der Waals surface area contributed by atoms with Gasteiger partial charge in [0.25, 0.3) is 0 Å². The minimum atomic E-state index is -4.49. The number of halogens is 3. The van der Waals surface area contributed by atoms with Gasteiger partial charge in [-0.2, -0.15) is 13.2 Å². The van der Waals surface area contributed by atoms with Gasteiger partial charge in [0.1, 0.15) is 0 Å². The fraction of sp³-hybridized carbons (Fsp3) is 0.480. The molecule has 1 aliphatic carbocycles. The number of pyridine rings is 1. The number of likely N-dealkylation sites (tertiary alicyclic amines) is 1. The summed E-state index contributed by atoms with van der Waals surface area (Å²) in [5, 5.41) is 20.7. The lowest BCUT2D eigenvalue weighted by Crippen LogP contribution is -2.63. The molecule has 3 aromatic rings. The van der Waals surface area contributed by atoms with Crippen molar-refractivity contribution in [1.82, 2.24) is 20.4 Å². The van der Waals surface area contributed by atoms with Crippen LogP contribution in [0.25, 0.3) is 11.0 Å². The van der Waals surface area contributed by atoms with Crippen molar-refractivity contribution in [2.45, 2.75) is 49.5 Å². The van der Waals surface area contributed by atoms with Gasteiger partial charge < -0.3 is 25.0 Å². The van der Waals surface area contributed by atoms with Crippen LogP contribution in [0, 0.1) is 0 Å². The van der Waals surface area contributed by atoms with E-state index in [1.54, 1.807) is 19.4 Å². The number of hydrogen-bond acceptors (Lipinski definition) is 8. The molecule has 198 valence electrons. The highest BCUT2D eigenvalue weighted by Gasteiger charge is 2.40. The Morgan fingerprint density at radius 3 is 2.65 bits per heavy atom. The largest absolute Gasteiger partial charge is 0.481 e. The van der Waals surface area contributed by atoms with E-state index < -0.39 is 17.3 Å². The number of hydrogen-bond donors (Lipinski definition) is 3. The average Bonchev–Trinajstić information content (AvgIpc) is 3.27. The number of fused-ring (bicyclic) bond motifs is 1. The fourth-order valence-electron chi connectivity index (χ4n) is 5.10. The molecule has 0 unspecified atom stereocenters. The van der Waals surface area contributed by atoms with Crippen molar-refractivity contribution in [2.24, 2.45) is 0 Å². The van der Waals surface area contributed by atoms with Gasteiger partial charge in [0.2, 0.25) is 11.8 Å². The van der Waals surface area contributed by atoms with Crippen LogP contribution in [-0.4, -0.2) is 64.9 Å². The number of amides is 1. The van der Waals surface area contributed by atoms with Gasteiger partial charge in [0.05, 0.1) is 36.2 Å². The number of aliphatic hydroxyl groups is 1. The minimum absolute atomic E-state index is 0.00761. The summed E-state index contributed by atoms with van der Waals surface area (Å²) in [5.74, 6) is 0.320. The van der Waals surface area contributed by atoms with Crippen LogP contribution in [0.4, 0.5) is 19.0 Å². The normalized spacial score (nSPS) is 23.0. The molecule has 1 aromatic carbocycles. The van der Waals surface area contributed by atoms with E-state index in [0.717, 1.165) is 30.5 Å². The standard InChI is InChI=1S/C25H28F3N5O4/c1-36-22-5-3-16(11-29-22)24(35)8-6-18(7-9-24)33-13-17(14-33)31-21(34)12-30-23-19-10-15(25(26,27)28)2-4-20(19)37-32-23/h2-5,10-11,17-18,35H,6-9,12-14H2,1H3,(H,30,32)(H,31,34)/t18-,24-. The van der Waals surface area contributed by atoms with Crippen molar-refractivity contribution < 1.29 is 32.3 Å². The number of carbonyl (C=O) groups excluding carboxylic acids is 1. The Hall–Kier alpha value is -3.38. The minimum Gasteiger partial charge on any atom is -0.481 e. The van der Waals surface area contributed by atoms with Gasteiger partial charge in [-0.3, -0.25) is 9.69 Å². The van der Waals surface area contributed by atoms with Gasteiger partial charge in [-0.05, 0) is 49.9 Å². The molecule has 2 aromatic heterocycles. The highest BCUT2D eigenvalue weighted by molar-refractivity contribution is 5.90. The molecule has 37 heavy (non-hydrogen) atoms. The lowest BCUT2D eigenvalue weighted by molar-refractivity contribution is -0.137. The molecule has 1 aliphatic heterocycles. The maximum atomic E-state index is 13.0. The van der Waals surface area contributed by atoms with Crippen LogP contribution in [0.2, 0.25) is 0 Å². The van der Waals surface area contributed by atoms with Gasteiger partial charge in [-0.15, -0.1) is 0 Å². The molecule has 0 atom stereocenters. The summed E-state index contributed by atoms with van der Waals surface area (Å²) < 4.78 is 49.2. The molecular formula is C25H28F3N5O4. The van der Waals surface area contributed by atoms with Crippen LogP contribution >= 0.6 is 0 Å². The summed E-state index contributed by atoms with van der Waals surface area (Å²) in [7, 11) is 1.55. The van der Waals surface area contributed by atoms with E-state index in [-0.39, 0.29) is 35.3 Å². The van der Waals surface area contributed by atoms with Crippen LogP contribution in [0.3, 0.4) is 0 Å². The Morgan fingerprint density at radius 2 is 2.00 bits per heavy atom.